The van der Waals surface area contributed by atoms with Crippen molar-refractivity contribution in [3.8, 4) is 5.75 Å². The molecule has 2 rings (SSSR count). The molecule has 1 aromatic rings. The van der Waals surface area contributed by atoms with Crippen molar-refractivity contribution in [3.63, 3.8) is 0 Å². The van der Waals surface area contributed by atoms with Crippen LogP contribution in [0.3, 0.4) is 0 Å². The van der Waals surface area contributed by atoms with Crippen molar-refractivity contribution >= 4 is 5.69 Å². The van der Waals surface area contributed by atoms with E-state index in [2.05, 4.69) is 12.2 Å². The third-order valence-electron chi connectivity index (χ3n) is 3.20. The molecule has 0 radical (unpaired) electrons. The lowest BCUT2D eigenvalue weighted by molar-refractivity contribution is -0.0511. The van der Waals surface area contributed by atoms with E-state index in [0.717, 1.165) is 24.5 Å². The number of para-hydroxylation sites is 2. The Kier molecular flexibility index (Phi) is 5.05. The fourth-order valence-electron chi connectivity index (χ4n) is 1.97. The molecule has 2 atom stereocenters. The Labute approximate surface area is 115 Å². The lowest BCUT2D eigenvalue weighted by atomic mass is 10.3. The van der Waals surface area contributed by atoms with E-state index in [1.54, 1.807) is 0 Å². The van der Waals surface area contributed by atoms with Gasteiger partial charge in [-0.1, -0.05) is 19.1 Å². The predicted octanol–water partition coefficient (Wildman–Crippen LogP) is 3.04. The Bertz CT molecular complexity index is 387. The van der Waals surface area contributed by atoms with Gasteiger partial charge in [0.15, 0.2) is 6.29 Å². The maximum Gasteiger partial charge on any atom is 0.175 e. The van der Waals surface area contributed by atoms with Gasteiger partial charge in [-0.3, -0.25) is 0 Å². The molecule has 0 aliphatic carbocycles. The standard InChI is InChI=1S/C15H23NO3/c1-4-9-17-14-8-6-5-7-13(14)16-10-15-18-11(2)12(3)19-15/h5-8,11-12,15-16H,4,9-10H2,1-3H3. The summed E-state index contributed by atoms with van der Waals surface area (Å²) >= 11 is 0. The van der Waals surface area contributed by atoms with Crippen LogP contribution in [0.25, 0.3) is 0 Å². The first kappa shape index (κ1) is 14.2. The van der Waals surface area contributed by atoms with Gasteiger partial charge in [-0.05, 0) is 32.4 Å². The number of benzene rings is 1. The van der Waals surface area contributed by atoms with Crippen LogP contribution in [0, 0.1) is 0 Å². The molecule has 0 amide bonds. The van der Waals surface area contributed by atoms with Gasteiger partial charge in [0.2, 0.25) is 0 Å². The van der Waals surface area contributed by atoms with Crippen molar-refractivity contribution in [1.29, 1.82) is 0 Å². The van der Waals surface area contributed by atoms with Crippen molar-refractivity contribution < 1.29 is 14.2 Å². The lowest BCUT2D eigenvalue weighted by Crippen LogP contribution is -2.21. The topological polar surface area (TPSA) is 39.7 Å². The average Bonchev–Trinajstić information content (AvgIpc) is 2.74. The summed E-state index contributed by atoms with van der Waals surface area (Å²) in [7, 11) is 0. The molecule has 1 fully saturated rings. The van der Waals surface area contributed by atoms with Gasteiger partial charge in [0, 0.05) is 0 Å². The van der Waals surface area contributed by atoms with Crippen molar-refractivity contribution in [3.05, 3.63) is 24.3 Å². The smallest absolute Gasteiger partial charge is 0.175 e. The first-order valence-electron chi connectivity index (χ1n) is 6.97. The quantitative estimate of drug-likeness (QED) is 0.858. The normalized spacial score (nSPS) is 26.4. The summed E-state index contributed by atoms with van der Waals surface area (Å²) in [4.78, 5) is 0. The van der Waals surface area contributed by atoms with Crippen molar-refractivity contribution in [2.45, 2.75) is 45.7 Å². The van der Waals surface area contributed by atoms with E-state index in [0.29, 0.717) is 6.54 Å². The maximum absolute atomic E-state index is 5.70. The second-order valence-electron chi connectivity index (χ2n) is 4.84. The fraction of sp³-hybridized carbons (Fsp3) is 0.600. The third-order valence-corrected chi connectivity index (χ3v) is 3.20. The molecule has 0 saturated carbocycles. The van der Waals surface area contributed by atoms with Crippen LogP contribution in [-0.4, -0.2) is 31.6 Å². The minimum absolute atomic E-state index is 0.151. The number of hydrogen-bond donors (Lipinski definition) is 1. The number of hydrogen-bond acceptors (Lipinski definition) is 4. The molecule has 1 aliphatic rings. The molecule has 2 unspecified atom stereocenters. The van der Waals surface area contributed by atoms with Crippen molar-refractivity contribution in [2.75, 3.05) is 18.5 Å². The molecule has 1 aromatic carbocycles. The highest BCUT2D eigenvalue weighted by atomic mass is 16.7. The van der Waals surface area contributed by atoms with Crippen molar-refractivity contribution in [2.24, 2.45) is 0 Å². The molecular weight excluding hydrogens is 242 g/mol. The fourth-order valence-corrected chi connectivity index (χ4v) is 1.97. The molecule has 4 heteroatoms. The molecule has 1 heterocycles. The summed E-state index contributed by atoms with van der Waals surface area (Å²) in [6, 6.07) is 7.94. The number of ether oxygens (including phenoxy) is 3. The van der Waals surface area contributed by atoms with E-state index >= 15 is 0 Å². The summed E-state index contributed by atoms with van der Waals surface area (Å²) < 4.78 is 17.1. The van der Waals surface area contributed by atoms with Gasteiger partial charge in [0.25, 0.3) is 0 Å². The minimum Gasteiger partial charge on any atom is -0.491 e. The summed E-state index contributed by atoms with van der Waals surface area (Å²) in [5.41, 5.74) is 0.982. The second kappa shape index (κ2) is 6.78. The van der Waals surface area contributed by atoms with Gasteiger partial charge in [-0.15, -0.1) is 0 Å². The van der Waals surface area contributed by atoms with Gasteiger partial charge in [-0.2, -0.15) is 0 Å². The number of rotatable bonds is 6. The molecule has 1 N–H and O–H groups in total. The van der Waals surface area contributed by atoms with Crippen LogP contribution in [0.1, 0.15) is 27.2 Å². The number of anilines is 1. The summed E-state index contributed by atoms with van der Waals surface area (Å²) in [6.07, 6.45) is 1.11. The molecule has 1 aliphatic heterocycles. The Morgan fingerprint density at radius 1 is 1.16 bits per heavy atom. The Morgan fingerprint density at radius 2 is 1.84 bits per heavy atom. The zero-order valence-corrected chi connectivity index (χ0v) is 11.9. The average molecular weight is 265 g/mol. The SMILES string of the molecule is CCCOc1ccccc1NCC1OC(C)C(C)O1. The van der Waals surface area contributed by atoms with E-state index in [9.17, 15) is 0 Å². The first-order valence-corrected chi connectivity index (χ1v) is 6.97. The van der Waals surface area contributed by atoms with Crippen LogP contribution < -0.4 is 10.1 Å². The zero-order valence-electron chi connectivity index (χ0n) is 11.9. The highest BCUT2D eigenvalue weighted by Gasteiger charge is 2.29. The molecule has 19 heavy (non-hydrogen) atoms. The highest BCUT2D eigenvalue weighted by molar-refractivity contribution is 5.56. The van der Waals surface area contributed by atoms with Crippen LogP contribution in [0.2, 0.25) is 0 Å². The molecule has 0 aromatic heterocycles. The largest absolute Gasteiger partial charge is 0.491 e. The number of nitrogens with one attached hydrogen (secondary N) is 1. The maximum atomic E-state index is 5.70. The Balaban J connectivity index is 1.88. The molecule has 106 valence electrons. The van der Waals surface area contributed by atoms with Gasteiger partial charge >= 0.3 is 0 Å². The van der Waals surface area contributed by atoms with Crippen molar-refractivity contribution in [1.82, 2.24) is 0 Å². The van der Waals surface area contributed by atoms with Gasteiger partial charge in [0.1, 0.15) is 5.75 Å². The van der Waals surface area contributed by atoms with Gasteiger partial charge < -0.3 is 19.5 Å². The monoisotopic (exact) mass is 265 g/mol. The predicted molar refractivity (Wildman–Crippen MR) is 75.6 cm³/mol. The van der Waals surface area contributed by atoms with E-state index in [4.69, 9.17) is 14.2 Å². The van der Waals surface area contributed by atoms with E-state index in [1.165, 1.54) is 0 Å². The summed E-state index contributed by atoms with van der Waals surface area (Å²) in [6.45, 7) is 7.51. The molecule has 1 saturated heterocycles. The van der Waals surface area contributed by atoms with Crippen LogP contribution in [0.4, 0.5) is 5.69 Å². The Morgan fingerprint density at radius 3 is 2.53 bits per heavy atom. The van der Waals surface area contributed by atoms with E-state index in [1.807, 2.05) is 38.1 Å². The first-order chi connectivity index (χ1) is 9.20. The molecule has 4 nitrogen and oxygen atoms in total. The minimum atomic E-state index is -0.191. The van der Waals surface area contributed by atoms with E-state index in [-0.39, 0.29) is 18.5 Å². The van der Waals surface area contributed by atoms with Crippen LogP contribution in [0.5, 0.6) is 5.75 Å². The van der Waals surface area contributed by atoms with Crippen LogP contribution >= 0.6 is 0 Å². The molecular formula is C15H23NO3. The summed E-state index contributed by atoms with van der Waals surface area (Å²) in [5.74, 6) is 0.878. The molecule has 0 bridgehead atoms. The Hall–Kier alpha value is -1.26. The van der Waals surface area contributed by atoms with Crippen LogP contribution in [-0.2, 0) is 9.47 Å². The zero-order chi connectivity index (χ0) is 13.7. The second-order valence-corrected chi connectivity index (χ2v) is 4.84. The summed E-state index contributed by atoms with van der Waals surface area (Å²) in [5, 5.41) is 3.33. The van der Waals surface area contributed by atoms with Crippen LogP contribution in [0.15, 0.2) is 24.3 Å². The lowest BCUT2D eigenvalue weighted by Gasteiger charge is -2.15. The van der Waals surface area contributed by atoms with E-state index < -0.39 is 0 Å². The third kappa shape index (κ3) is 3.85. The van der Waals surface area contributed by atoms with Gasteiger partial charge in [-0.25, -0.2) is 0 Å². The highest BCUT2D eigenvalue weighted by Crippen LogP contribution is 2.25. The molecule has 0 spiro atoms. The van der Waals surface area contributed by atoms with Gasteiger partial charge in [0.05, 0.1) is 31.0 Å².